The first-order chi connectivity index (χ1) is 20.2. The Morgan fingerprint density at radius 2 is 1.88 bits per heavy atom. The maximum atomic E-state index is 15.2. The minimum Gasteiger partial charge on any atom is -0.534 e. The van der Waals surface area contributed by atoms with E-state index in [1.807, 2.05) is 0 Å². The fourth-order valence-electron chi connectivity index (χ4n) is 4.57. The largest absolute Gasteiger partial charge is 0.547 e. The van der Waals surface area contributed by atoms with E-state index in [1.165, 1.54) is 18.2 Å². The van der Waals surface area contributed by atoms with Gasteiger partial charge in [0.2, 0.25) is 15.9 Å². The van der Waals surface area contributed by atoms with Gasteiger partial charge in [0.25, 0.3) is 0 Å². The van der Waals surface area contributed by atoms with Crippen molar-refractivity contribution in [1.29, 1.82) is 0 Å². The molecule has 2 atom stereocenters. The predicted molar refractivity (Wildman–Crippen MR) is 141 cm³/mol. The van der Waals surface area contributed by atoms with Gasteiger partial charge in [0.15, 0.2) is 0 Å². The van der Waals surface area contributed by atoms with Gasteiger partial charge in [-0.15, -0.1) is 0 Å². The van der Waals surface area contributed by atoms with Crippen LogP contribution in [0.15, 0.2) is 41.3 Å². The van der Waals surface area contributed by atoms with Gasteiger partial charge in [-0.3, -0.25) is 19.3 Å². The monoisotopic (exact) mass is 623 g/mol. The Hall–Kier alpha value is -4.62. The molecule has 0 saturated carbocycles. The van der Waals surface area contributed by atoms with Gasteiger partial charge in [0.05, 0.1) is 16.4 Å². The lowest BCUT2D eigenvalue weighted by atomic mass is 9.72. The van der Waals surface area contributed by atoms with E-state index in [2.05, 4.69) is 10.6 Å². The Balaban J connectivity index is 1.62. The number of hydrogen-bond acceptors (Lipinski definition) is 9. The van der Waals surface area contributed by atoms with E-state index in [4.69, 9.17) is 9.79 Å². The van der Waals surface area contributed by atoms with E-state index >= 15 is 4.39 Å². The lowest BCUT2D eigenvalue weighted by Crippen LogP contribution is -2.60. The van der Waals surface area contributed by atoms with Crippen LogP contribution < -0.4 is 20.4 Å². The van der Waals surface area contributed by atoms with Crippen LogP contribution in [0.5, 0.6) is 5.75 Å². The van der Waals surface area contributed by atoms with Gasteiger partial charge in [0.1, 0.15) is 24.3 Å². The van der Waals surface area contributed by atoms with Gasteiger partial charge < -0.3 is 30.3 Å². The van der Waals surface area contributed by atoms with Gasteiger partial charge in [-0.05, 0) is 30.2 Å². The molecule has 0 radical (unpaired) electrons. The molecule has 2 heterocycles. The Bertz CT molecular complexity index is 1610. The molecule has 1 unspecified atom stereocenters. The molecular formula is C24H24BF2N5O10S. The van der Waals surface area contributed by atoms with Crippen molar-refractivity contribution >= 4 is 46.9 Å². The molecule has 0 spiro atoms. The minimum atomic E-state index is -4.36. The number of primary sulfonamides is 1. The number of carbonyl (C=O) groups excluding carboxylic acids is 4. The summed E-state index contributed by atoms with van der Waals surface area (Å²) in [6, 6.07) is 3.11. The zero-order chi connectivity index (χ0) is 31.6. The highest BCUT2D eigenvalue weighted by Gasteiger charge is 2.41. The van der Waals surface area contributed by atoms with Crippen molar-refractivity contribution < 1.29 is 56.0 Å². The number of carboxylic acid groups (broad SMARTS) is 1. The normalized spacial score (nSPS) is 17.6. The molecule has 0 aliphatic carbocycles. The number of urea groups is 1. The van der Waals surface area contributed by atoms with Crippen LogP contribution in [0.2, 0.25) is 0 Å². The van der Waals surface area contributed by atoms with Gasteiger partial charge in [0, 0.05) is 25.2 Å². The molecule has 2 aliphatic heterocycles. The van der Waals surface area contributed by atoms with E-state index in [0.29, 0.717) is 16.5 Å². The number of nitrogens with zero attached hydrogens (tertiary/aromatic N) is 2. The summed E-state index contributed by atoms with van der Waals surface area (Å²) in [6.07, 6.45) is -0.152. The number of amides is 5. The average Bonchev–Trinajstić information content (AvgIpc) is 2.94. The van der Waals surface area contributed by atoms with Crippen LogP contribution in [0.4, 0.5) is 13.6 Å². The highest BCUT2D eigenvalue weighted by Crippen LogP contribution is 2.30. The van der Waals surface area contributed by atoms with Gasteiger partial charge in [-0.25, -0.2) is 31.9 Å². The Kier molecular flexibility index (Phi) is 8.97. The number of nitrogens with two attached hydrogens (primary N) is 1. The highest BCUT2D eigenvalue weighted by molar-refractivity contribution is 7.89. The number of nitrogens with one attached hydrogen (secondary N) is 2. The second-order valence-electron chi connectivity index (χ2n) is 9.48. The van der Waals surface area contributed by atoms with Crippen molar-refractivity contribution in [3.8, 4) is 5.75 Å². The van der Waals surface area contributed by atoms with Crippen LogP contribution in [-0.4, -0.2) is 97.4 Å². The molecule has 1 fully saturated rings. The fourth-order valence-corrected chi connectivity index (χ4v) is 5.10. The minimum absolute atomic E-state index is 0.127. The number of rotatable bonds is 8. The quantitative estimate of drug-likeness (QED) is 0.173. The molecule has 2 aliphatic rings. The third-order valence-corrected chi connectivity index (χ3v) is 7.64. The maximum absolute atomic E-state index is 15.2. The zero-order valence-corrected chi connectivity index (χ0v) is 22.8. The number of benzene rings is 2. The number of alkyl halides is 1. The standard InChI is InChI=1S/C24H24BF2N5O10S/c26-6-7-31-8-9-32(22(35)21(31)34)24(38)30-18(14-5-4-13(11-16(14)27)43(28,40)41)20(33)29-17-10-12-2-1-3-15(23(36)37)19(12)42-25(17)39/h1-5,11,17-18,39H,6-10H2,(H,29,33)(H,30,38)(H,36,37)(H2,28,40,41)/t17-,18?/m0/s1. The third kappa shape index (κ3) is 6.57. The molecule has 19 heteroatoms. The van der Waals surface area contributed by atoms with Gasteiger partial charge in [-0.2, -0.15) is 0 Å². The average molecular weight is 623 g/mol. The number of piperazine rings is 1. The van der Waals surface area contributed by atoms with Crippen molar-refractivity contribution in [2.45, 2.75) is 23.3 Å². The SMILES string of the molecule is NS(=O)(=O)c1ccc(C(NC(=O)N2CCN(CCF)C(=O)C2=O)C(=O)N[C@H]2Cc3cccc(C(=O)O)c3OB2O)c(F)c1. The van der Waals surface area contributed by atoms with E-state index in [1.54, 1.807) is 0 Å². The van der Waals surface area contributed by atoms with E-state index in [0.717, 1.165) is 17.0 Å². The smallest absolute Gasteiger partial charge is 0.534 e. The highest BCUT2D eigenvalue weighted by atomic mass is 32.2. The molecule has 228 valence electrons. The van der Waals surface area contributed by atoms with Gasteiger partial charge >= 0.3 is 30.9 Å². The molecule has 0 aromatic heterocycles. The fraction of sp³-hybridized carbons (Fsp3) is 0.292. The first-order valence-electron chi connectivity index (χ1n) is 12.5. The van der Waals surface area contributed by atoms with E-state index in [9.17, 15) is 46.9 Å². The summed E-state index contributed by atoms with van der Waals surface area (Å²) in [5.41, 5.74) is -0.516. The molecule has 5 amide bonds. The Morgan fingerprint density at radius 3 is 2.51 bits per heavy atom. The van der Waals surface area contributed by atoms with Crippen LogP contribution >= 0.6 is 0 Å². The number of para-hydroxylation sites is 1. The predicted octanol–water partition coefficient (Wildman–Crippen LogP) is -1.30. The molecule has 43 heavy (non-hydrogen) atoms. The van der Waals surface area contributed by atoms with E-state index in [-0.39, 0.29) is 37.4 Å². The van der Waals surface area contributed by atoms with Crippen molar-refractivity contribution in [2.75, 3.05) is 26.3 Å². The summed E-state index contributed by atoms with van der Waals surface area (Å²) < 4.78 is 56.5. The van der Waals surface area contributed by atoms with Crippen molar-refractivity contribution in [3.05, 3.63) is 58.9 Å². The van der Waals surface area contributed by atoms with Crippen LogP contribution in [-0.2, 0) is 30.8 Å². The first kappa shape index (κ1) is 31.3. The number of halogens is 2. The number of fused-ring (bicyclic) bond motifs is 1. The lowest BCUT2D eigenvalue weighted by molar-refractivity contribution is -0.153. The summed E-state index contributed by atoms with van der Waals surface area (Å²) in [5, 5.41) is 29.5. The molecular weight excluding hydrogens is 599 g/mol. The molecule has 4 rings (SSSR count). The molecule has 0 bridgehead atoms. The number of imide groups is 1. The van der Waals surface area contributed by atoms with Crippen LogP contribution in [0.25, 0.3) is 0 Å². The van der Waals surface area contributed by atoms with Crippen LogP contribution in [0, 0.1) is 5.82 Å². The Labute approximate surface area is 242 Å². The van der Waals surface area contributed by atoms with Crippen molar-refractivity contribution in [1.82, 2.24) is 20.4 Å². The molecule has 1 saturated heterocycles. The first-order valence-corrected chi connectivity index (χ1v) is 14.1. The summed E-state index contributed by atoms with van der Waals surface area (Å²) in [7, 11) is -6.15. The van der Waals surface area contributed by atoms with Crippen molar-refractivity contribution in [2.24, 2.45) is 5.14 Å². The summed E-state index contributed by atoms with van der Waals surface area (Å²) >= 11 is 0. The summed E-state index contributed by atoms with van der Waals surface area (Å²) in [6.45, 7) is -1.90. The maximum Gasteiger partial charge on any atom is 0.547 e. The van der Waals surface area contributed by atoms with Crippen LogP contribution in [0.1, 0.15) is 27.5 Å². The van der Waals surface area contributed by atoms with E-state index < -0.39 is 81.8 Å². The second-order valence-corrected chi connectivity index (χ2v) is 11.0. The van der Waals surface area contributed by atoms with Crippen LogP contribution in [0.3, 0.4) is 0 Å². The second kappa shape index (κ2) is 12.3. The molecule has 6 N–H and O–H groups in total. The number of hydrogen-bond donors (Lipinski definition) is 5. The Morgan fingerprint density at radius 1 is 1.16 bits per heavy atom. The molecule has 2 aromatic rings. The van der Waals surface area contributed by atoms with Crippen molar-refractivity contribution in [3.63, 3.8) is 0 Å². The number of aromatic carboxylic acids is 1. The number of carboxylic acids is 1. The number of carbonyl (C=O) groups is 5. The summed E-state index contributed by atoms with van der Waals surface area (Å²) in [4.78, 5) is 63.5. The third-order valence-electron chi connectivity index (χ3n) is 6.73. The lowest BCUT2D eigenvalue weighted by Gasteiger charge is -2.33. The number of sulfonamides is 1. The zero-order valence-electron chi connectivity index (χ0n) is 22.0. The molecule has 2 aromatic carbocycles. The summed E-state index contributed by atoms with van der Waals surface area (Å²) in [5.74, 6) is -7.66. The topological polar surface area (TPSA) is 226 Å². The molecule has 15 nitrogen and oxygen atoms in total. The van der Waals surface area contributed by atoms with Gasteiger partial charge in [-0.1, -0.05) is 18.2 Å².